The number of benzene rings is 2. The number of halogens is 2. The normalized spacial score (nSPS) is 21.5. The zero-order valence-corrected chi connectivity index (χ0v) is 25.3. The van der Waals surface area contributed by atoms with Crippen LogP contribution in [0, 0.1) is 5.82 Å². The second-order valence-corrected chi connectivity index (χ2v) is 18.6. The molecule has 36 heavy (non-hydrogen) atoms. The highest BCUT2D eigenvalue weighted by atomic mass is 79.9. The van der Waals surface area contributed by atoms with E-state index in [0.717, 1.165) is 4.47 Å². The van der Waals surface area contributed by atoms with Gasteiger partial charge in [-0.1, -0.05) is 67.0 Å². The summed E-state index contributed by atoms with van der Waals surface area (Å²) < 4.78 is 57.2. The van der Waals surface area contributed by atoms with E-state index in [1.54, 1.807) is 56.3 Å². The van der Waals surface area contributed by atoms with Crippen molar-refractivity contribution in [2.75, 3.05) is 6.61 Å². The SMILES string of the molecule is CC1(C)OC(=N[C@@H](CCO[Si](C)(C)C(C)(C)C)c2ccccc2F)NS(=O)(=O)C1c1ccc(Br)cc1. The molecule has 1 aliphatic heterocycles. The highest BCUT2D eigenvalue weighted by Gasteiger charge is 2.48. The summed E-state index contributed by atoms with van der Waals surface area (Å²) in [6.45, 7) is 14.6. The molecule has 0 amide bonds. The van der Waals surface area contributed by atoms with Gasteiger partial charge in [0.15, 0.2) is 8.32 Å². The zero-order chi connectivity index (χ0) is 26.9. The molecule has 1 saturated heterocycles. The van der Waals surface area contributed by atoms with Crippen LogP contribution < -0.4 is 4.72 Å². The summed E-state index contributed by atoms with van der Waals surface area (Å²) in [7, 11) is -5.91. The summed E-state index contributed by atoms with van der Waals surface area (Å²) in [5, 5.41) is -0.925. The van der Waals surface area contributed by atoms with Gasteiger partial charge in [0.2, 0.25) is 10.0 Å². The number of hydrogen-bond acceptors (Lipinski definition) is 5. The molecular formula is C26H36BrFN2O4SSi. The Bertz CT molecular complexity index is 1210. The van der Waals surface area contributed by atoms with Gasteiger partial charge in [0.25, 0.3) is 6.02 Å². The van der Waals surface area contributed by atoms with Crippen molar-refractivity contribution in [1.82, 2.24) is 4.72 Å². The first-order chi connectivity index (χ1) is 16.5. The summed E-state index contributed by atoms with van der Waals surface area (Å²) in [4.78, 5) is 4.57. The van der Waals surface area contributed by atoms with Crippen molar-refractivity contribution in [3.05, 3.63) is 69.9 Å². The predicted octanol–water partition coefficient (Wildman–Crippen LogP) is 6.87. The van der Waals surface area contributed by atoms with E-state index >= 15 is 0 Å². The lowest BCUT2D eigenvalue weighted by Crippen LogP contribution is -2.53. The Kier molecular flexibility index (Phi) is 8.44. The Morgan fingerprint density at radius 2 is 1.78 bits per heavy atom. The van der Waals surface area contributed by atoms with E-state index in [1.165, 1.54) is 6.07 Å². The van der Waals surface area contributed by atoms with Crippen molar-refractivity contribution in [3.63, 3.8) is 0 Å². The minimum Gasteiger partial charge on any atom is -0.457 e. The molecule has 0 bridgehead atoms. The van der Waals surface area contributed by atoms with Crippen LogP contribution in [-0.4, -0.2) is 35.0 Å². The number of ether oxygens (including phenoxy) is 1. The number of rotatable bonds is 7. The Morgan fingerprint density at radius 1 is 1.17 bits per heavy atom. The third-order valence-electron chi connectivity index (χ3n) is 6.90. The van der Waals surface area contributed by atoms with Crippen molar-refractivity contribution >= 4 is 40.3 Å². The topological polar surface area (TPSA) is 77.0 Å². The summed E-state index contributed by atoms with van der Waals surface area (Å²) in [6, 6.07) is 12.6. The molecule has 0 radical (unpaired) electrons. The van der Waals surface area contributed by atoms with Crippen LogP contribution in [0.3, 0.4) is 0 Å². The van der Waals surface area contributed by atoms with Crippen LogP contribution in [0.2, 0.25) is 18.1 Å². The standard InChI is InChI=1S/C26H36BrFN2O4SSi/c1-25(2,3)36(6,7)33-17-16-22(20-10-8-9-11-21(20)28)29-24-30-35(31,32)23(26(4,5)34-24)18-12-14-19(27)15-13-18/h8-15,22-23H,16-17H2,1-7H3,(H,29,30)/t22-,23?/m0/s1. The van der Waals surface area contributed by atoms with Crippen LogP contribution in [-0.2, 0) is 19.2 Å². The molecule has 1 N–H and O–H groups in total. The van der Waals surface area contributed by atoms with Crippen LogP contribution in [0.4, 0.5) is 4.39 Å². The average molecular weight is 600 g/mol. The predicted molar refractivity (Wildman–Crippen MR) is 148 cm³/mol. The molecule has 1 fully saturated rings. The van der Waals surface area contributed by atoms with Crippen molar-refractivity contribution in [3.8, 4) is 0 Å². The van der Waals surface area contributed by atoms with Gasteiger partial charge in [-0.3, -0.25) is 0 Å². The second kappa shape index (κ2) is 10.5. The van der Waals surface area contributed by atoms with Crippen LogP contribution in [0.15, 0.2) is 58.0 Å². The maximum absolute atomic E-state index is 14.8. The highest BCUT2D eigenvalue weighted by Crippen LogP contribution is 2.40. The molecule has 198 valence electrons. The minimum atomic E-state index is -3.89. The molecule has 0 aromatic heterocycles. The molecule has 0 spiro atoms. The quantitative estimate of drug-likeness (QED) is 0.353. The Hall–Kier alpha value is -1.75. The van der Waals surface area contributed by atoms with Gasteiger partial charge in [-0.25, -0.2) is 22.5 Å². The number of amidine groups is 1. The lowest BCUT2D eigenvalue weighted by Gasteiger charge is -2.39. The van der Waals surface area contributed by atoms with Gasteiger partial charge in [-0.2, -0.15) is 0 Å². The van der Waals surface area contributed by atoms with Crippen molar-refractivity contribution in [2.24, 2.45) is 4.99 Å². The van der Waals surface area contributed by atoms with Crippen LogP contribution in [0.5, 0.6) is 0 Å². The van der Waals surface area contributed by atoms with E-state index < -0.39 is 41.1 Å². The van der Waals surface area contributed by atoms with E-state index in [9.17, 15) is 12.8 Å². The first kappa shape index (κ1) is 28.8. The molecule has 2 aromatic carbocycles. The number of sulfonamides is 1. The zero-order valence-electron chi connectivity index (χ0n) is 21.9. The average Bonchev–Trinajstić information content (AvgIpc) is 2.72. The Morgan fingerprint density at radius 3 is 2.33 bits per heavy atom. The molecule has 0 saturated carbocycles. The summed E-state index contributed by atoms with van der Waals surface area (Å²) in [6.07, 6.45) is 0.374. The van der Waals surface area contributed by atoms with E-state index in [0.29, 0.717) is 24.2 Å². The molecule has 6 nitrogen and oxygen atoms in total. The van der Waals surface area contributed by atoms with Gasteiger partial charge in [-0.15, -0.1) is 0 Å². The van der Waals surface area contributed by atoms with Crippen LogP contribution in [0.25, 0.3) is 0 Å². The minimum absolute atomic E-state index is 0.0283. The number of nitrogens with one attached hydrogen (secondary N) is 1. The fraction of sp³-hybridized carbons (Fsp3) is 0.500. The molecule has 3 rings (SSSR count). The lowest BCUT2D eigenvalue weighted by atomic mass is 9.97. The van der Waals surface area contributed by atoms with E-state index in [2.05, 4.69) is 59.5 Å². The maximum Gasteiger partial charge on any atom is 0.299 e. The first-order valence-electron chi connectivity index (χ1n) is 12.0. The van der Waals surface area contributed by atoms with Crippen molar-refractivity contribution < 1.29 is 22.0 Å². The van der Waals surface area contributed by atoms with Crippen molar-refractivity contribution in [1.29, 1.82) is 0 Å². The molecule has 1 heterocycles. The number of nitrogens with zero attached hydrogens (tertiary/aromatic N) is 1. The highest BCUT2D eigenvalue weighted by molar-refractivity contribution is 9.10. The van der Waals surface area contributed by atoms with Gasteiger partial charge in [0, 0.05) is 16.6 Å². The molecule has 10 heteroatoms. The number of aliphatic imine (C=N–C) groups is 1. The third kappa shape index (κ3) is 6.57. The van der Waals surface area contributed by atoms with Crippen molar-refractivity contribution in [2.45, 2.75) is 76.1 Å². The monoisotopic (exact) mass is 598 g/mol. The molecule has 2 aromatic rings. The third-order valence-corrected chi connectivity index (χ3v) is 13.9. The first-order valence-corrected chi connectivity index (χ1v) is 17.2. The molecule has 1 unspecified atom stereocenters. The van der Waals surface area contributed by atoms with Gasteiger partial charge >= 0.3 is 0 Å². The fourth-order valence-electron chi connectivity index (χ4n) is 3.97. The molecular weight excluding hydrogens is 563 g/mol. The number of hydrogen-bond donors (Lipinski definition) is 1. The van der Waals surface area contributed by atoms with Crippen LogP contribution in [0.1, 0.15) is 63.5 Å². The Labute approximate surface area is 224 Å². The van der Waals surface area contributed by atoms with Gasteiger partial charge < -0.3 is 9.16 Å². The lowest BCUT2D eigenvalue weighted by molar-refractivity contribution is 0.0758. The molecule has 2 atom stereocenters. The van der Waals surface area contributed by atoms with E-state index in [1.807, 2.05) is 0 Å². The maximum atomic E-state index is 14.8. The van der Waals surface area contributed by atoms with Crippen LogP contribution >= 0.6 is 15.9 Å². The van der Waals surface area contributed by atoms with E-state index in [-0.39, 0.29) is 11.1 Å². The molecule has 0 aliphatic carbocycles. The largest absolute Gasteiger partial charge is 0.457 e. The summed E-state index contributed by atoms with van der Waals surface area (Å²) >= 11 is 3.38. The fourth-order valence-corrected chi connectivity index (χ4v) is 7.06. The second-order valence-electron chi connectivity index (χ2n) is 11.2. The van der Waals surface area contributed by atoms with Gasteiger partial charge in [0.05, 0.1) is 6.04 Å². The summed E-state index contributed by atoms with van der Waals surface area (Å²) in [5.74, 6) is -0.412. The Balaban J connectivity index is 1.92. The van der Waals surface area contributed by atoms with E-state index in [4.69, 9.17) is 9.16 Å². The van der Waals surface area contributed by atoms with Gasteiger partial charge in [-0.05, 0) is 62.2 Å². The smallest absolute Gasteiger partial charge is 0.299 e. The molecule has 1 aliphatic rings. The van der Waals surface area contributed by atoms with Gasteiger partial charge in [0.1, 0.15) is 16.7 Å². The summed E-state index contributed by atoms with van der Waals surface area (Å²) in [5.41, 5.74) is -0.156.